The van der Waals surface area contributed by atoms with Crippen LogP contribution in [0.5, 0.6) is 0 Å². The van der Waals surface area contributed by atoms with Crippen molar-refractivity contribution in [1.29, 1.82) is 0 Å². The average molecular weight is 390 g/mol. The first-order chi connectivity index (χ1) is 12.1. The van der Waals surface area contributed by atoms with E-state index < -0.39 is 0 Å². The van der Waals surface area contributed by atoms with E-state index in [0.29, 0.717) is 17.1 Å². The van der Waals surface area contributed by atoms with Crippen molar-refractivity contribution in [3.05, 3.63) is 70.7 Å². The lowest BCUT2D eigenvalue weighted by Gasteiger charge is -2.08. The molecule has 128 valence electrons. The first kappa shape index (κ1) is 17.9. The third kappa shape index (κ3) is 5.04. The Kier molecular flexibility index (Phi) is 6.07. The monoisotopic (exact) mass is 389 g/mol. The zero-order valence-electron chi connectivity index (χ0n) is 13.5. The van der Waals surface area contributed by atoms with Crippen LogP contribution in [0.15, 0.2) is 58.9 Å². The van der Waals surface area contributed by atoms with Crippen LogP contribution in [-0.2, 0) is 6.54 Å². The van der Waals surface area contributed by atoms with Gasteiger partial charge >= 0.3 is 0 Å². The molecule has 1 aromatic heterocycles. The van der Waals surface area contributed by atoms with Gasteiger partial charge in [0.25, 0.3) is 0 Å². The topological polar surface area (TPSA) is 54.9 Å². The normalized spacial score (nSPS) is 11.9. The maximum atomic E-state index is 12.5. The number of hydrogen-bond donors (Lipinski definition) is 1. The van der Waals surface area contributed by atoms with E-state index in [0.717, 1.165) is 9.47 Å². The molecule has 25 heavy (non-hydrogen) atoms. The van der Waals surface area contributed by atoms with Gasteiger partial charge in [0.2, 0.25) is 5.13 Å². The van der Waals surface area contributed by atoms with Crippen LogP contribution in [0.2, 0.25) is 5.02 Å². The number of halogens is 1. The number of ketones is 1. The summed E-state index contributed by atoms with van der Waals surface area (Å²) >= 11 is 8.81. The van der Waals surface area contributed by atoms with Gasteiger partial charge < -0.3 is 5.32 Å². The second-order valence-corrected chi connectivity index (χ2v) is 8.35. The summed E-state index contributed by atoms with van der Waals surface area (Å²) in [6.45, 7) is 2.56. The molecule has 0 aliphatic carbocycles. The average Bonchev–Trinajstić information content (AvgIpc) is 3.07. The van der Waals surface area contributed by atoms with Crippen molar-refractivity contribution in [2.24, 2.45) is 0 Å². The number of hydrogen-bond acceptors (Lipinski definition) is 6. The van der Waals surface area contributed by atoms with E-state index >= 15 is 0 Å². The summed E-state index contributed by atoms with van der Waals surface area (Å²) in [5.74, 6) is 0.0292. The van der Waals surface area contributed by atoms with E-state index in [4.69, 9.17) is 11.6 Å². The maximum absolute atomic E-state index is 12.5. The summed E-state index contributed by atoms with van der Waals surface area (Å²) in [4.78, 5) is 12.5. The molecular formula is C18H16ClN3OS2. The van der Waals surface area contributed by atoms with Gasteiger partial charge in [-0.05, 0) is 24.6 Å². The third-order valence-electron chi connectivity index (χ3n) is 3.45. The van der Waals surface area contributed by atoms with Gasteiger partial charge in [-0.15, -0.1) is 10.2 Å². The second kappa shape index (κ2) is 8.47. The lowest BCUT2D eigenvalue weighted by molar-refractivity contribution is 0.0994. The SMILES string of the molecule is C[C@@H](Sc1nnc(NCc2ccccc2)s1)C(=O)c1cccc(Cl)c1. The van der Waals surface area contributed by atoms with E-state index in [1.807, 2.05) is 25.1 Å². The molecule has 0 unspecified atom stereocenters. The fourth-order valence-electron chi connectivity index (χ4n) is 2.18. The van der Waals surface area contributed by atoms with Gasteiger partial charge in [-0.1, -0.05) is 77.2 Å². The fraction of sp³-hybridized carbons (Fsp3) is 0.167. The lowest BCUT2D eigenvalue weighted by Crippen LogP contribution is -2.13. The molecule has 1 heterocycles. The van der Waals surface area contributed by atoms with E-state index in [2.05, 4.69) is 27.6 Å². The zero-order valence-corrected chi connectivity index (χ0v) is 15.9. The van der Waals surface area contributed by atoms with E-state index in [9.17, 15) is 4.79 Å². The molecule has 1 N–H and O–H groups in total. The molecule has 3 aromatic rings. The molecule has 1 atom stereocenters. The molecule has 3 rings (SSSR count). The number of benzene rings is 2. The predicted molar refractivity (Wildman–Crippen MR) is 105 cm³/mol. The molecule has 2 aromatic carbocycles. The first-order valence-electron chi connectivity index (χ1n) is 7.69. The molecule has 0 aliphatic heterocycles. The highest BCUT2D eigenvalue weighted by Crippen LogP contribution is 2.30. The highest BCUT2D eigenvalue weighted by Gasteiger charge is 2.19. The van der Waals surface area contributed by atoms with Crippen molar-refractivity contribution in [3.63, 3.8) is 0 Å². The summed E-state index contributed by atoms with van der Waals surface area (Å²) in [7, 11) is 0. The summed E-state index contributed by atoms with van der Waals surface area (Å²) < 4.78 is 0.762. The lowest BCUT2D eigenvalue weighted by atomic mass is 10.1. The number of nitrogens with zero attached hydrogens (tertiary/aromatic N) is 2. The van der Waals surface area contributed by atoms with Crippen molar-refractivity contribution in [2.45, 2.75) is 23.1 Å². The minimum absolute atomic E-state index is 0.0292. The number of carbonyl (C=O) groups is 1. The van der Waals surface area contributed by atoms with Gasteiger partial charge in [-0.25, -0.2) is 0 Å². The summed E-state index contributed by atoms with van der Waals surface area (Å²) in [6, 6.07) is 17.1. The minimum atomic E-state index is -0.256. The van der Waals surface area contributed by atoms with Gasteiger partial charge in [0.15, 0.2) is 10.1 Å². The largest absolute Gasteiger partial charge is 0.356 e. The Morgan fingerprint density at radius 2 is 2.00 bits per heavy atom. The highest BCUT2D eigenvalue weighted by molar-refractivity contribution is 8.02. The van der Waals surface area contributed by atoms with Gasteiger partial charge in [-0.3, -0.25) is 4.79 Å². The number of Topliss-reactive ketones (excluding diaryl/α,β-unsaturated/α-hetero) is 1. The zero-order chi connectivity index (χ0) is 17.6. The molecule has 0 fully saturated rings. The Morgan fingerprint density at radius 3 is 2.76 bits per heavy atom. The smallest absolute Gasteiger partial charge is 0.206 e. The van der Waals surface area contributed by atoms with Crippen molar-refractivity contribution >= 4 is 45.6 Å². The van der Waals surface area contributed by atoms with Gasteiger partial charge in [0.05, 0.1) is 5.25 Å². The number of anilines is 1. The van der Waals surface area contributed by atoms with Crippen LogP contribution in [0.25, 0.3) is 0 Å². The number of rotatable bonds is 7. The van der Waals surface area contributed by atoms with Crippen molar-refractivity contribution in [2.75, 3.05) is 5.32 Å². The van der Waals surface area contributed by atoms with Crippen molar-refractivity contribution in [1.82, 2.24) is 10.2 Å². The molecule has 0 saturated carbocycles. The van der Waals surface area contributed by atoms with Gasteiger partial charge in [-0.2, -0.15) is 0 Å². The van der Waals surface area contributed by atoms with Crippen LogP contribution >= 0.6 is 34.7 Å². The Morgan fingerprint density at radius 1 is 1.20 bits per heavy atom. The second-order valence-electron chi connectivity index (χ2n) is 5.35. The van der Waals surface area contributed by atoms with Crippen LogP contribution < -0.4 is 5.32 Å². The molecule has 0 amide bonds. The number of nitrogens with one attached hydrogen (secondary N) is 1. The maximum Gasteiger partial charge on any atom is 0.206 e. The first-order valence-corrected chi connectivity index (χ1v) is 9.77. The highest BCUT2D eigenvalue weighted by atomic mass is 35.5. The molecular weight excluding hydrogens is 374 g/mol. The molecule has 7 heteroatoms. The van der Waals surface area contributed by atoms with Crippen LogP contribution in [-0.4, -0.2) is 21.2 Å². The van der Waals surface area contributed by atoms with Crippen LogP contribution in [0.3, 0.4) is 0 Å². The summed E-state index contributed by atoms with van der Waals surface area (Å²) in [5, 5.41) is 12.6. The van der Waals surface area contributed by atoms with E-state index in [-0.39, 0.29) is 11.0 Å². The Hall–Kier alpha value is -1.89. The van der Waals surface area contributed by atoms with Gasteiger partial charge in [0, 0.05) is 17.1 Å². The van der Waals surface area contributed by atoms with Crippen LogP contribution in [0, 0.1) is 0 Å². The minimum Gasteiger partial charge on any atom is -0.356 e. The summed E-state index contributed by atoms with van der Waals surface area (Å²) in [5.41, 5.74) is 1.79. The number of aromatic nitrogens is 2. The molecule has 0 radical (unpaired) electrons. The number of thioether (sulfide) groups is 1. The van der Waals surface area contributed by atoms with Crippen LogP contribution in [0.1, 0.15) is 22.8 Å². The van der Waals surface area contributed by atoms with E-state index in [1.165, 1.54) is 28.7 Å². The standard InChI is InChI=1S/C18H16ClN3OS2/c1-12(16(23)14-8-5-9-15(19)10-14)24-18-22-21-17(25-18)20-11-13-6-3-2-4-7-13/h2-10,12H,11H2,1H3,(H,20,21)/t12-/m1/s1. The molecule has 0 saturated heterocycles. The van der Waals surface area contributed by atoms with Gasteiger partial charge in [0.1, 0.15) is 0 Å². The van der Waals surface area contributed by atoms with Crippen molar-refractivity contribution < 1.29 is 4.79 Å². The van der Waals surface area contributed by atoms with Crippen molar-refractivity contribution in [3.8, 4) is 0 Å². The number of carbonyl (C=O) groups excluding carboxylic acids is 1. The third-order valence-corrected chi connectivity index (χ3v) is 5.75. The quantitative estimate of drug-likeness (QED) is 0.446. The Bertz CT molecular complexity index is 854. The molecule has 4 nitrogen and oxygen atoms in total. The fourth-order valence-corrected chi connectivity index (χ4v) is 4.34. The van der Waals surface area contributed by atoms with E-state index in [1.54, 1.807) is 24.3 Å². The van der Waals surface area contributed by atoms with Crippen LogP contribution in [0.4, 0.5) is 5.13 Å². The molecule has 0 bridgehead atoms. The summed E-state index contributed by atoms with van der Waals surface area (Å²) in [6.07, 6.45) is 0. The molecule has 0 aliphatic rings. The Labute approximate surface area is 159 Å². The Balaban J connectivity index is 1.58. The molecule has 0 spiro atoms. The predicted octanol–water partition coefficient (Wildman–Crippen LogP) is 5.17.